The summed E-state index contributed by atoms with van der Waals surface area (Å²) in [7, 11) is 0. The SMILES string of the molecule is CCCN(C(=O)[C@@H](N)CC)C1CCNC1. The van der Waals surface area contributed by atoms with Crippen molar-refractivity contribution >= 4 is 5.91 Å². The zero-order valence-corrected chi connectivity index (χ0v) is 9.83. The number of carbonyl (C=O) groups excluding carboxylic acids is 1. The Kier molecular flexibility index (Phi) is 5.05. The predicted octanol–water partition coefficient (Wildman–Crippen LogP) is 0.324. The van der Waals surface area contributed by atoms with Crippen LogP contribution in [0.4, 0.5) is 0 Å². The van der Waals surface area contributed by atoms with E-state index in [4.69, 9.17) is 5.73 Å². The molecule has 4 heteroatoms. The van der Waals surface area contributed by atoms with Crippen molar-refractivity contribution < 1.29 is 4.79 Å². The van der Waals surface area contributed by atoms with Gasteiger partial charge in [-0.25, -0.2) is 0 Å². The normalized spacial score (nSPS) is 22.7. The summed E-state index contributed by atoms with van der Waals surface area (Å²) < 4.78 is 0. The maximum Gasteiger partial charge on any atom is 0.239 e. The molecule has 1 amide bonds. The Labute approximate surface area is 92.2 Å². The zero-order chi connectivity index (χ0) is 11.3. The fourth-order valence-electron chi connectivity index (χ4n) is 2.01. The van der Waals surface area contributed by atoms with E-state index in [1.165, 1.54) is 0 Å². The van der Waals surface area contributed by atoms with Crippen molar-refractivity contribution in [1.82, 2.24) is 10.2 Å². The van der Waals surface area contributed by atoms with Gasteiger partial charge in [-0.05, 0) is 25.8 Å². The molecule has 0 aromatic heterocycles. The lowest BCUT2D eigenvalue weighted by atomic mass is 10.1. The second-order valence-electron chi connectivity index (χ2n) is 4.19. The molecule has 1 aliphatic rings. The monoisotopic (exact) mass is 213 g/mol. The fourth-order valence-corrected chi connectivity index (χ4v) is 2.01. The Morgan fingerprint density at radius 1 is 1.60 bits per heavy atom. The van der Waals surface area contributed by atoms with Gasteiger partial charge in [0.2, 0.25) is 5.91 Å². The third-order valence-electron chi connectivity index (χ3n) is 2.98. The van der Waals surface area contributed by atoms with Gasteiger partial charge in [-0.3, -0.25) is 4.79 Å². The molecular weight excluding hydrogens is 190 g/mol. The standard InChI is InChI=1S/C11H23N3O/c1-3-7-14(9-5-6-13-8-9)11(15)10(12)4-2/h9-10,13H,3-8,12H2,1-2H3/t9?,10-/m0/s1. The molecule has 1 rings (SSSR count). The van der Waals surface area contributed by atoms with Crippen LogP contribution < -0.4 is 11.1 Å². The number of rotatable bonds is 5. The average Bonchev–Trinajstić information content (AvgIpc) is 2.77. The highest BCUT2D eigenvalue weighted by molar-refractivity contribution is 5.81. The van der Waals surface area contributed by atoms with Gasteiger partial charge in [-0.1, -0.05) is 13.8 Å². The third-order valence-corrected chi connectivity index (χ3v) is 2.98. The second kappa shape index (κ2) is 6.08. The van der Waals surface area contributed by atoms with Crippen molar-refractivity contribution in [3.8, 4) is 0 Å². The first-order chi connectivity index (χ1) is 7.20. The summed E-state index contributed by atoms with van der Waals surface area (Å²) in [6, 6.07) is 0.0344. The van der Waals surface area contributed by atoms with Crippen molar-refractivity contribution in [1.29, 1.82) is 0 Å². The van der Waals surface area contributed by atoms with E-state index >= 15 is 0 Å². The molecule has 0 spiro atoms. The minimum atomic E-state index is -0.322. The molecule has 1 saturated heterocycles. The van der Waals surface area contributed by atoms with Crippen LogP contribution >= 0.6 is 0 Å². The molecule has 0 aromatic rings. The Morgan fingerprint density at radius 2 is 2.33 bits per heavy atom. The van der Waals surface area contributed by atoms with E-state index in [0.29, 0.717) is 6.04 Å². The summed E-state index contributed by atoms with van der Waals surface area (Å²) in [4.78, 5) is 14.0. The van der Waals surface area contributed by atoms with Crippen LogP contribution in [0.1, 0.15) is 33.1 Å². The summed E-state index contributed by atoms with van der Waals surface area (Å²) in [6.45, 7) is 6.82. The highest BCUT2D eigenvalue weighted by atomic mass is 16.2. The van der Waals surface area contributed by atoms with Gasteiger partial charge in [0, 0.05) is 19.1 Å². The Balaban J connectivity index is 2.59. The molecule has 88 valence electrons. The van der Waals surface area contributed by atoms with Crippen molar-refractivity contribution in [3.05, 3.63) is 0 Å². The lowest BCUT2D eigenvalue weighted by Gasteiger charge is -2.30. The number of amides is 1. The molecule has 1 unspecified atom stereocenters. The van der Waals surface area contributed by atoms with Crippen LogP contribution in [0.15, 0.2) is 0 Å². The molecule has 1 heterocycles. The lowest BCUT2D eigenvalue weighted by Crippen LogP contribution is -2.49. The number of hydrogen-bond donors (Lipinski definition) is 2. The van der Waals surface area contributed by atoms with Gasteiger partial charge in [0.15, 0.2) is 0 Å². The van der Waals surface area contributed by atoms with Crippen molar-refractivity contribution in [2.75, 3.05) is 19.6 Å². The van der Waals surface area contributed by atoms with Gasteiger partial charge >= 0.3 is 0 Å². The molecule has 0 bridgehead atoms. The van der Waals surface area contributed by atoms with Gasteiger partial charge in [0.25, 0.3) is 0 Å². The quantitative estimate of drug-likeness (QED) is 0.691. The molecule has 3 N–H and O–H groups in total. The first-order valence-corrected chi connectivity index (χ1v) is 5.97. The van der Waals surface area contributed by atoms with Crippen molar-refractivity contribution in [3.63, 3.8) is 0 Å². The van der Waals surface area contributed by atoms with Crippen LogP contribution in [-0.4, -0.2) is 42.5 Å². The van der Waals surface area contributed by atoms with Crippen LogP contribution in [-0.2, 0) is 4.79 Å². The van der Waals surface area contributed by atoms with Crippen molar-refractivity contribution in [2.24, 2.45) is 5.73 Å². The minimum Gasteiger partial charge on any atom is -0.337 e. The topological polar surface area (TPSA) is 58.4 Å². The summed E-state index contributed by atoms with van der Waals surface area (Å²) >= 11 is 0. The molecule has 1 fully saturated rings. The lowest BCUT2D eigenvalue weighted by molar-refractivity contribution is -0.134. The maximum atomic E-state index is 12.0. The number of nitrogens with zero attached hydrogens (tertiary/aromatic N) is 1. The molecule has 0 aromatic carbocycles. The van der Waals surface area contributed by atoms with E-state index in [2.05, 4.69) is 12.2 Å². The minimum absolute atomic E-state index is 0.119. The van der Waals surface area contributed by atoms with Crippen LogP contribution in [0, 0.1) is 0 Å². The molecule has 2 atom stereocenters. The molecule has 0 saturated carbocycles. The summed E-state index contributed by atoms with van der Waals surface area (Å²) in [5.74, 6) is 0.119. The van der Waals surface area contributed by atoms with E-state index in [-0.39, 0.29) is 11.9 Å². The number of hydrogen-bond acceptors (Lipinski definition) is 3. The van der Waals surface area contributed by atoms with Gasteiger partial charge in [0.05, 0.1) is 6.04 Å². The fraction of sp³-hybridized carbons (Fsp3) is 0.909. The van der Waals surface area contributed by atoms with E-state index in [9.17, 15) is 4.79 Å². The van der Waals surface area contributed by atoms with E-state index in [0.717, 1.165) is 38.9 Å². The number of carbonyl (C=O) groups is 1. The predicted molar refractivity (Wildman–Crippen MR) is 61.5 cm³/mol. The van der Waals surface area contributed by atoms with Crippen LogP contribution in [0.2, 0.25) is 0 Å². The average molecular weight is 213 g/mol. The highest BCUT2D eigenvalue weighted by Crippen LogP contribution is 2.11. The van der Waals surface area contributed by atoms with Gasteiger partial charge in [-0.2, -0.15) is 0 Å². The summed E-state index contributed by atoms with van der Waals surface area (Å²) in [6.07, 6.45) is 2.78. The van der Waals surface area contributed by atoms with Gasteiger partial charge in [-0.15, -0.1) is 0 Å². The Bertz CT molecular complexity index is 202. The smallest absolute Gasteiger partial charge is 0.239 e. The Morgan fingerprint density at radius 3 is 2.80 bits per heavy atom. The summed E-state index contributed by atoms with van der Waals surface area (Å²) in [5.41, 5.74) is 5.80. The van der Waals surface area contributed by atoms with Crippen molar-refractivity contribution in [2.45, 2.75) is 45.2 Å². The summed E-state index contributed by atoms with van der Waals surface area (Å²) in [5, 5.41) is 3.29. The van der Waals surface area contributed by atoms with E-state index in [1.807, 2.05) is 11.8 Å². The highest BCUT2D eigenvalue weighted by Gasteiger charge is 2.28. The van der Waals surface area contributed by atoms with Crippen LogP contribution in [0.25, 0.3) is 0 Å². The molecule has 15 heavy (non-hydrogen) atoms. The third kappa shape index (κ3) is 3.18. The first kappa shape index (κ1) is 12.5. The molecule has 0 radical (unpaired) electrons. The largest absolute Gasteiger partial charge is 0.337 e. The van der Waals surface area contributed by atoms with Crippen LogP contribution in [0.5, 0.6) is 0 Å². The van der Waals surface area contributed by atoms with Gasteiger partial charge < -0.3 is 16.0 Å². The van der Waals surface area contributed by atoms with Gasteiger partial charge in [0.1, 0.15) is 0 Å². The number of nitrogens with two attached hydrogens (primary N) is 1. The second-order valence-corrected chi connectivity index (χ2v) is 4.19. The zero-order valence-electron chi connectivity index (χ0n) is 9.83. The Hall–Kier alpha value is -0.610. The molecular formula is C11H23N3O. The molecule has 0 aliphatic carbocycles. The maximum absolute atomic E-state index is 12.0. The van der Waals surface area contributed by atoms with Crippen LogP contribution in [0.3, 0.4) is 0 Å². The molecule has 4 nitrogen and oxygen atoms in total. The number of nitrogens with one attached hydrogen (secondary N) is 1. The molecule has 1 aliphatic heterocycles. The van der Waals surface area contributed by atoms with E-state index in [1.54, 1.807) is 0 Å². The first-order valence-electron chi connectivity index (χ1n) is 5.97. The van der Waals surface area contributed by atoms with E-state index < -0.39 is 0 Å².